The third-order valence-electron chi connectivity index (χ3n) is 4.33. The maximum atomic E-state index is 12.8. The number of methoxy groups -OCH3 is 1. The molecule has 1 N–H and O–H groups in total. The van der Waals surface area contributed by atoms with Crippen molar-refractivity contribution in [1.82, 2.24) is 19.6 Å². The van der Waals surface area contributed by atoms with Gasteiger partial charge in [0, 0.05) is 32.7 Å². The minimum Gasteiger partial charge on any atom is -0.480 e. The van der Waals surface area contributed by atoms with Gasteiger partial charge in [0.2, 0.25) is 5.88 Å². The monoisotopic (exact) mass is 329 g/mol. The molecule has 1 aliphatic heterocycles. The topological polar surface area (TPSA) is 62.6 Å². The molecule has 7 nitrogen and oxygen atoms in total. The van der Waals surface area contributed by atoms with Gasteiger partial charge in [0.25, 0.3) is 0 Å². The van der Waals surface area contributed by atoms with Crippen molar-refractivity contribution in [1.29, 1.82) is 0 Å². The van der Waals surface area contributed by atoms with E-state index in [9.17, 15) is 4.79 Å². The van der Waals surface area contributed by atoms with E-state index in [4.69, 9.17) is 4.74 Å². The van der Waals surface area contributed by atoms with Gasteiger partial charge in [-0.3, -0.25) is 5.32 Å². The lowest BCUT2D eigenvalue weighted by Gasteiger charge is -2.40. The first-order chi connectivity index (χ1) is 11.6. The molecule has 0 spiro atoms. The number of likely N-dealkylation sites (N-methyl/N-ethyl adjacent to an activating group) is 1. The lowest BCUT2D eigenvalue weighted by atomic mass is 10.0. The summed E-state index contributed by atoms with van der Waals surface area (Å²) in [5.41, 5.74) is 1.14. The summed E-state index contributed by atoms with van der Waals surface area (Å²) in [5, 5.41) is 7.11. The Bertz CT molecular complexity index is 700. The van der Waals surface area contributed by atoms with Crippen LogP contribution in [0, 0.1) is 0 Å². The molecule has 1 atom stereocenters. The molecule has 1 aliphatic rings. The van der Waals surface area contributed by atoms with Gasteiger partial charge in [-0.05, 0) is 12.6 Å². The van der Waals surface area contributed by atoms with Crippen molar-refractivity contribution < 1.29 is 9.53 Å². The average molecular weight is 329 g/mol. The van der Waals surface area contributed by atoms with E-state index in [1.165, 1.54) is 0 Å². The van der Waals surface area contributed by atoms with Gasteiger partial charge in [-0.25, -0.2) is 9.48 Å². The molecule has 1 aromatic carbocycles. The first-order valence-corrected chi connectivity index (χ1v) is 7.97. The average Bonchev–Trinajstić information content (AvgIpc) is 2.95. The normalized spacial score (nSPS) is 18.5. The van der Waals surface area contributed by atoms with Crippen LogP contribution in [0.25, 0.3) is 0 Å². The summed E-state index contributed by atoms with van der Waals surface area (Å²) >= 11 is 0. The van der Waals surface area contributed by atoms with Gasteiger partial charge < -0.3 is 14.5 Å². The molecule has 2 amide bonds. The van der Waals surface area contributed by atoms with Gasteiger partial charge in [0.1, 0.15) is 5.82 Å². The van der Waals surface area contributed by atoms with Crippen LogP contribution in [0.2, 0.25) is 0 Å². The Morgan fingerprint density at radius 1 is 1.25 bits per heavy atom. The van der Waals surface area contributed by atoms with E-state index in [0.717, 1.165) is 18.7 Å². The fraction of sp³-hybridized carbons (Fsp3) is 0.412. The first kappa shape index (κ1) is 16.3. The number of piperazine rings is 1. The standard InChI is InChI=1S/C17H23N5O2/c1-20-9-10-22(14(12-20)13-7-5-4-6-8-13)17(23)18-15-11-16(24-3)19-21(15)2/h4-8,11,14H,9-10,12H2,1-3H3,(H,18,23). The van der Waals surface area contributed by atoms with Gasteiger partial charge in [-0.1, -0.05) is 30.3 Å². The Morgan fingerprint density at radius 3 is 2.67 bits per heavy atom. The summed E-state index contributed by atoms with van der Waals surface area (Å²) in [4.78, 5) is 17.0. The number of nitrogens with one attached hydrogen (secondary N) is 1. The van der Waals surface area contributed by atoms with E-state index in [1.807, 2.05) is 23.1 Å². The molecule has 1 saturated heterocycles. The number of nitrogens with zero attached hydrogens (tertiary/aromatic N) is 4. The predicted octanol–water partition coefficient (Wildman–Crippen LogP) is 1.95. The van der Waals surface area contributed by atoms with E-state index < -0.39 is 0 Å². The third kappa shape index (κ3) is 3.35. The van der Waals surface area contributed by atoms with E-state index >= 15 is 0 Å². The summed E-state index contributed by atoms with van der Waals surface area (Å²) in [6.45, 7) is 2.34. The van der Waals surface area contributed by atoms with Crippen molar-refractivity contribution >= 4 is 11.8 Å². The SMILES string of the molecule is COc1cc(NC(=O)N2CCN(C)CC2c2ccccc2)n(C)n1. The Morgan fingerprint density at radius 2 is 2.00 bits per heavy atom. The van der Waals surface area contributed by atoms with Gasteiger partial charge >= 0.3 is 6.03 Å². The van der Waals surface area contributed by atoms with E-state index in [2.05, 4.69) is 34.5 Å². The first-order valence-electron chi connectivity index (χ1n) is 7.97. The van der Waals surface area contributed by atoms with E-state index in [1.54, 1.807) is 24.9 Å². The van der Waals surface area contributed by atoms with Gasteiger partial charge in [0.15, 0.2) is 0 Å². The van der Waals surface area contributed by atoms with Crippen LogP contribution in [-0.2, 0) is 7.05 Å². The maximum Gasteiger partial charge on any atom is 0.323 e. The number of aryl methyl sites for hydroxylation is 1. The smallest absolute Gasteiger partial charge is 0.323 e. The summed E-state index contributed by atoms with van der Waals surface area (Å²) in [7, 11) is 5.41. The highest BCUT2D eigenvalue weighted by Crippen LogP contribution is 2.26. The number of benzene rings is 1. The van der Waals surface area contributed by atoms with Crippen LogP contribution in [0.4, 0.5) is 10.6 Å². The molecule has 2 aromatic rings. The molecule has 1 unspecified atom stereocenters. The van der Waals surface area contributed by atoms with Crippen molar-refractivity contribution in [3.63, 3.8) is 0 Å². The minimum absolute atomic E-state index is 0.0278. The second kappa shape index (κ2) is 6.92. The molecule has 7 heteroatoms. The lowest BCUT2D eigenvalue weighted by Crippen LogP contribution is -2.50. The fourth-order valence-corrected chi connectivity index (χ4v) is 2.96. The van der Waals surface area contributed by atoms with Crippen molar-refractivity contribution in [3.8, 4) is 5.88 Å². The second-order valence-electron chi connectivity index (χ2n) is 6.01. The van der Waals surface area contributed by atoms with Crippen LogP contribution < -0.4 is 10.1 Å². The molecule has 0 bridgehead atoms. The number of amides is 2. The quantitative estimate of drug-likeness (QED) is 0.935. The highest BCUT2D eigenvalue weighted by atomic mass is 16.5. The number of urea groups is 1. The fourth-order valence-electron chi connectivity index (χ4n) is 2.96. The molecule has 2 heterocycles. The predicted molar refractivity (Wildman–Crippen MR) is 92.2 cm³/mol. The van der Waals surface area contributed by atoms with E-state index in [-0.39, 0.29) is 12.1 Å². The van der Waals surface area contributed by atoms with Crippen LogP contribution in [0.1, 0.15) is 11.6 Å². The number of carbonyl (C=O) groups is 1. The molecule has 0 saturated carbocycles. The highest BCUT2D eigenvalue weighted by molar-refractivity contribution is 5.89. The molecule has 128 valence electrons. The molecule has 0 radical (unpaired) electrons. The number of aromatic nitrogens is 2. The Balaban J connectivity index is 1.79. The number of carbonyl (C=O) groups excluding carboxylic acids is 1. The molecule has 0 aliphatic carbocycles. The van der Waals surface area contributed by atoms with Crippen molar-refractivity contribution in [2.75, 3.05) is 39.1 Å². The zero-order chi connectivity index (χ0) is 17.1. The zero-order valence-electron chi connectivity index (χ0n) is 14.3. The van der Waals surface area contributed by atoms with Crippen LogP contribution in [0.15, 0.2) is 36.4 Å². The molecular weight excluding hydrogens is 306 g/mol. The maximum absolute atomic E-state index is 12.8. The van der Waals surface area contributed by atoms with E-state index in [0.29, 0.717) is 18.2 Å². The Kier molecular flexibility index (Phi) is 4.71. The lowest BCUT2D eigenvalue weighted by molar-refractivity contribution is 0.116. The van der Waals surface area contributed by atoms with Crippen LogP contribution in [0.3, 0.4) is 0 Å². The number of hydrogen-bond acceptors (Lipinski definition) is 4. The third-order valence-corrected chi connectivity index (χ3v) is 4.33. The number of hydrogen-bond donors (Lipinski definition) is 1. The zero-order valence-corrected chi connectivity index (χ0v) is 14.3. The summed E-state index contributed by atoms with van der Waals surface area (Å²) in [6, 6.07) is 11.8. The van der Waals surface area contributed by atoms with Crippen LogP contribution in [-0.4, -0.2) is 59.4 Å². The van der Waals surface area contributed by atoms with Gasteiger partial charge in [-0.2, -0.15) is 0 Å². The summed E-state index contributed by atoms with van der Waals surface area (Å²) in [5.74, 6) is 1.09. The molecular formula is C17H23N5O2. The minimum atomic E-state index is -0.123. The molecule has 1 fully saturated rings. The van der Waals surface area contributed by atoms with Crippen LogP contribution >= 0.6 is 0 Å². The highest BCUT2D eigenvalue weighted by Gasteiger charge is 2.30. The van der Waals surface area contributed by atoms with Crippen LogP contribution in [0.5, 0.6) is 5.88 Å². The molecule has 3 rings (SSSR count). The van der Waals surface area contributed by atoms with Crippen molar-refractivity contribution in [2.45, 2.75) is 6.04 Å². The Labute approximate surface area is 141 Å². The number of anilines is 1. The Hall–Kier alpha value is -2.54. The largest absolute Gasteiger partial charge is 0.480 e. The second-order valence-corrected chi connectivity index (χ2v) is 6.01. The van der Waals surface area contributed by atoms with Gasteiger partial charge in [-0.15, -0.1) is 5.10 Å². The van der Waals surface area contributed by atoms with Gasteiger partial charge in [0.05, 0.1) is 13.2 Å². The van der Waals surface area contributed by atoms with Crippen molar-refractivity contribution in [2.24, 2.45) is 7.05 Å². The summed E-state index contributed by atoms with van der Waals surface area (Å²) < 4.78 is 6.71. The molecule has 24 heavy (non-hydrogen) atoms. The number of ether oxygens (including phenoxy) is 1. The number of rotatable bonds is 3. The molecule has 1 aromatic heterocycles. The van der Waals surface area contributed by atoms with Crippen molar-refractivity contribution in [3.05, 3.63) is 42.0 Å². The summed E-state index contributed by atoms with van der Waals surface area (Å²) in [6.07, 6.45) is 0.